The summed E-state index contributed by atoms with van der Waals surface area (Å²) in [7, 11) is 0. The molecule has 13 heteroatoms. The first-order valence-corrected chi connectivity index (χ1v) is 15.1. The standard InChI is InChI=1S/C35H34O13/c1-15(21-13-23-27(40)9-19(36)11-31(23)47-33(21)17-3-5-25(38)29(42)7-17)45-35(44)46-16(2)22-14-24-28(41)10-20(37)12-32(24)48-34(22)18-4-6-26(39)30(43)8-18/h3-12,15-16,21-22,33-34,36-43H,13-14H2,1-2H3/t15-,16-,21-,22-,33+,34+/m1/s1. The minimum Gasteiger partial charge on any atom is -0.508 e. The minimum absolute atomic E-state index is 0.142. The van der Waals surface area contributed by atoms with Gasteiger partial charge in [-0.25, -0.2) is 4.79 Å². The Kier molecular flexibility index (Phi) is 8.29. The Morgan fingerprint density at radius 2 is 0.979 bits per heavy atom. The zero-order chi connectivity index (χ0) is 34.4. The molecule has 0 amide bonds. The van der Waals surface area contributed by atoms with E-state index in [0.29, 0.717) is 22.3 Å². The van der Waals surface area contributed by atoms with Crippen LogP contribution in [0.3, 0.4) is 0 Å². The zero-order valence-corrected chi connectivity index (χ0v) is 25.8. The van der Waals surface area contributed by atoms with Gasteiger partial charge in [-0.3, -0.25) is 0 Å². The molecule has 0 saturated carbocycles. The molecule has 0 aliphatic carbocycles. The highest BCUT2D eigenvalue weighted by Gasteiger charge is 2.41. The van der Waals surface area contributed by atoms with Crippen LogP contribution in [-0.2, 0) is 22.3 Å². The van der Waals surface area contributed by atoms with Gasteiger partial charge in [0, 0.05) is 47.2 Å². The van der Waals surface area contributed by atoms with E-state index >= 15 is 0 Å². The van der Waals surface area contributed by atoms with Crippen LogP contribution in [0.4, 0.5) is 4.79 Å². The molecule has 0 bridgehead atoms. The second-order valence-electron chi connectivity index (χ2n) is 12.1. The van der Waals surface area contributed by atoms with Gasteiger partial charge in [0.25, 0.3) is 0 Å². The number of hydrogen-bond acceptors (Lipinski definition) is 13. The van der Waals surface area contributed by atoms with Crippen LogP contribution >= 0.6 is 0 Å². The van der Waals surface area contributed by atoms with Gasteiger partial charge in [0.2, 0.25) is 0 Å². The first-order valence-electron chi connectivity index (χ1n) is 15.1. The molecular weight excluding hydrogens is 628 g/mol. The highest BCUT2D eigenvalue weighted by Crippen LogP contribution is 2.48. The van der Waals surface area contributed by atoms with Crippen molar-refractivity contribution in [2.75, 3.05) is 0 Å². The van der Waals surface area contributed by atoms with Crippen LogP contribution < -0.4 is 9.47 Å². The summed E-state index contributed by atoms with van der Waals surface area (Å²) in [6.07, 6.45) is -4.25. The molecule has 13 nitrogen and oxygen atoms in total. The maximum Gasteiger partial charge on any atom is 0.508 e. The van der Waals surface area contributed by atoms with E-state index in [1.165, 1.54) is 60.7 Å². The van der Waals surface area contributed by atoms with Gasteiger partial charge in [0.15, 0.2) is 23.0 Å². The molecule has 0 unspecified atom stereocenters. The molecule has 0 fully saturated rings. The summed E-state index contributed by atoms with van der Waals surface area (Å²) < 4.78 is 23.8. The van der Waals surface area contributed by atoms with E-state index in [1.54, 1.807) is 13.8 Å². The van der Waals surface area contributed by atoms with Crippen LogP contribution in [0.1, 0.15) is 48.3 Å². The fourth-order valence-corrected chi connectivity index (χ4v) is 6.38. The average molecular weight is 663 g/mol. The SMILES string of the molecule is C[C@@H](OC(=O)O[C@H](C)[C@H]1Cc2c(O)cc(O)cc2O[C@H]1c1ccc(O)c(O)c1)[C@H]1Cc2c(O)cc(O)cc2O[C@H]1c1ccc(O)c(O)c1. The highest BCUT2D eigenvalue weighted by molar-refractivity contribution is 5.61. The molecule has 6 rings (SSSR count). The molecule has 0 radical (unpaired) electrons. The number of hydrogen-bond donors (Lipinski definition) is 8. The second-order valence-corrected chi connectivity index (χ2v) is 12.1. The van der Waals surface area contributed by atoms with Gasteiger partial charge >= 0.3 is 6.16 Å². The van der Waals surface area contributed by atoms with Crippen molar-refractivity contribution in [1.29, 1.82) is 0 Å². The lowest BCUT2D eigenvalue weighted by Crippen LogP contribution is -2.39. The normalized spacial score (nSPS) is 21.0. The zero-order valence-electron chi connectivity index (χ0n) is 25.8. The van der Waals surface area contributed by atoms with E-state index in [2.05, 4.69) is 0 Å². The summed E-state index contributed by atoms with van der Waals surface area (Å²) in [5.74, 6) is -3.23. The maximum atomic E-state index is 13.3. The molecule has 4 aromatic rings. The molecule has 0 saturated heterocycles. The quantitative estimate of drug-likeness (QED) is 0.0940. The van der Waals surface area contributed by atoms with E-state index in [-0.39, 0.29) is 58.8 Å². The number of fused-ring (bicyclic) bond motifs is 2. The molecule has 0 spiro atoms. The van der Waals surface area contributed by atoms with E-state index < -0.39 is 53.9 Å². The van der Waals surface area contributed by atoms with Crippen LogP contribution in [0.5, 0.6) is 57.5 Å². The smallest absolute Gasteiger partial charge is 0.508 e. The summed E-state index contributed by atoms with van der Waals surface area (Å²) in [6, 6.07) is 13.3. The lowest BCUT2D eigenvalue weighted by molar-refractivity contribution is -0.0571. The summed E-state index contributed by atoms with van der Waals surface area (Å²) >= 11 is 0. The predicted octanol–water partition coefficient (Wildman–Crippen LogP) is 5.55. The van der Waals surface area contributed by atoms with Gasteiger partial charge in [0.05, 0.1) is 0 Å². The maximum absolute atomic E-state index is 13.3. The third-order valence-corrected chi connectivity index (χ3v) is 8.93. The first kappa shape index (κ1) is 32.1. The van der Waals surface area contributed by atoms with Crippen molar-refractivity contribution in [2.45, 2.75) is 51.1 Å². The molecule has 2 aliphatic heterocycles. The largest absolute Gasteiger partial charge is 0.508 e. The Bertz CT molecular complexity index is 1740. The van der Waals surface area contributed by atoms with E-state index in [9.17, 15) is 45.6 Å². The van der Waals surface area contributed by atoms with Crippen LogP contribution in [0.2, 0.25) is 0 Å². The lowest BCUT2D eigenvalue weighted by atomic mass is 9.83. The average Bonchev–Trinajstić information content (AvgIpc) is 3.02. The molecule has 48 heavy (non-hydrogen) atoms. The number of benzene rings is 4. The Morgan fingerprint density at radius 1 is 0.583 bits per heavy atom. The van der Waals surface area contributed by atoms with Crippen LogP contribution in [0.25, 0.3) is 0 Å². The van der Waals surface area contributed by atoms with Gasteiger partial charge in [-0.1, -0.05) is 12.1 Å². The first-order chi connectivity index (χ1) is 22.8. The van der Waals surface area contributed by atoms with Crippen molar-refractivity contribution in [3.63, 3.8) is 0 Å². The predicted molar refractivity (Wildman–Crippen MR) is 167 cm³/mol. The molecule has 8 N–H and O–H groups in total. The van der Waals surface area contributed by atoms with Gasteiger partial charge in [0.1, 0.15) is 58.9 Å². The van der Waals surface area contributed by atoms with Crippen molar-refractivity contribution >= 4 is 6.16 Å². The molecule has 252 valence electrons. The van der Waals surface area contributed by atoms with Crippen molar-refractivity contribution in [3.8, 4) is 57.5 Å². The number of rotatable bonds is 6. The fourth-order valence-electron chi connectivity index (χ4n) is 6.38. The Morgan fingerprint density at radius 3 is 1.35 bits per heavy atom. The van der Waals surface area contributed by atoms with Crippen molar-refractivity contribution in [3.05, 3.63) is 82.9 Å². The van der Waals surface area contributed by atoms with Gasteiger partial charge < -0.3 is 59.8 Å². The van der Waals surface area contributed by atoms with Crippen LogP contribution in [0, 0.1) is 11.8 Å². The summed E-state index contributed by atoms with van der Waals surface area (Å²) in [5, 5.41) is 81.2. The molecule has 4 aromatic carbocycles. The number of phenolic OH excluding ortho intramolecular Hbond substituents is 8. The van der Waals surface area contributed by atoms with Gasteiger partial charge in [-0.2, -0.15) is 0 Å². The number of carbonyl (C=O) groups excluding carboxylic acids is 1. The molecule has 6 atom stereocenters. The van der Waals surface area contributed by atoms with Crippen molar-refractivity contribution in [2.24, 2.45) is 11.8 Å². The number of phenols is 8. The van der Waals surface area contributed by atoms with Crippen molar-refractivity contribution in [1.82, 2.24) is 0 Å². The van der Waals surface area contributed by atoms with E-state index in [1.807, 2.05) is 0 Å². The van der Waals surface area contributed by atoms with E-state index in [4.69, 9.17) is 18.9 Å². The highest BCUT2D eigenvalue weighted by atomic mass is 16.7. The third kappa shape index (κ3) is 6.14. The molecule has 0 aromatic heterocycles. The number of aromatic hydroxyl groups is 8. The van der Waals surface area contributed by atoms with Crippen LogP contribution in [-0.4, -0.2) is 59.2 Å². The molecule has 2 aliphatic rings. The minimum atomic E-state index is -1.05. The Labute approximate surface area is 274 Å². The fraction of sp³-hybridized carbons (Fsp3) is 0.286. The topological polar surface area (TPSA) is 216 Å². The summed E-state index contributed by atoms with van der Waals surface area (Å²) in [6.45, 7) is 3.23. The second kappa shape index (κ2) is 12.4. The summed E-state index contributed by atoms with van der Waals surface area (Å²) in [5.41, 5.74) is 1.62. The lowest BCUT2D eigenvalue weighted by Gasteiger charge is -2.38. The van der Waals surface area contributed by atoms with Crippen LogP contribution in [0.15, 0.2) is 60.7 Å². The molecular formula is C35H34O13. The van der Waals surface area contributed by atoms with Crippen molar-refractivity contribution < 1.29 is 64.6 Å². The summed E-state index contributed by atoms with van der Waals surface area (Å²) in [4.78, 5) is 13.3. The van der Waals surface area contributed by atoms with Gasteiger partial charge in [-0.05, 0) is 62.1 Å². The Hall–Kier alpha value is -5.85. The monoisotopic (exact) mass is 662 g/mol. The molecule has 2 heterocycles. The number of carbonyl (C=O) groups is 1. The van der Waals surface area contributed by atoms with E-state index in [0.717, 1.165) is 0 Å². The Balaban J connectivity index is 1.24. The van der Waals surface area contributed by atoms with Gasteiger partial charge in [-0.15, -0.1) is 0 Å². The third-order valence-electron chi connectivity index (χ3n) is 8.93. The number of ether oxygens (including phenoxy) is 4.